The molecule has 11 aromatic carbocycles. The van der Waals surface area contributed by atoms with Crippen LogP contribution in [0, 0.1) is 85.1 Å². The molecule has 0 spiro atoms. The van der Waals surface area contributed by atoms with Crippen molar-refractivity contribution in [3.05, 3.63) is 410 Å². The number of halogens is 6. The Kier molecular flexibility index (Phi) is 40.4. The predicted molar refractivity (Wildman–Crippen MR) is 535 cm³/mol. The van der Waals surface area contributed by atoms with Gasteiger partial charge in [-0.05, 0) is 260 Å². The van der Waals surface area contributed by atoms with Crippen molar-refractivity contribution in [3.8, 4) is 29.2 Å². The number of nitrogens with one attached hydrogen (secondary N) is 6. The van der Waals surface area contributed by atoms with Gasteiger partial charge in [0, 0.05) is 14.3 Å². The fraction of sp³-hybridized carbons (Fsp3) is 0.212. The van der Waals surface area contributed by atoms with Gasteiger partial charge in [0.05, 0.1) is 142 Å². The van der Waals surface area contributed by atoms with Crippen molar-refractivity contribution in [1.29, 1.82) is 10.5 Å². The molecule has 14 aromatic rings. The van der Waals surface area contributed by atoms with Crippen LogP contribution in [0.5, 0.6) is 0 Å². The smallest absolute Gasteiger partial charge is 1.00 e. The van der Waals surface area contributed by atoms with Crippen LogP contribution in [-0.4, -0.2) is 86.2 Å². The molecule has 699 valence electrons. The van der Waals surface area contributed by atoms with Gasteiger partial charge in [0.1, 0.15) is 46.6 Å². The Morgan fingerprint density at radius 2 is 0.803 bits per heavy atom. The van der Waals surface area contributed by atoms with Gasteiger partial charge in [-0.15, -0.1) is 24.8 Å². The maximum Gasteiger partial charge on any atom is 1.00 e. The molecule has 3 aromatic heterocycles. The van der Waals surface area contributed by atoms with E-state index in [2.05, 4.69) is 63.0 Å². The van der Waals surface area contributed by atoms with Gasteiger partial charge in [0.15, 0.2) is 5.69 Å². The SMILES string of the molecule is CC(C)(C)S(=O)N[C@H](c1ccccc1)c1ccc(F)c(N)c1.Cc1cc(C(=O)Nc2cc(C(N)c3ccccc3)ccc2F)n(-c2cccc(C#N)c2)n1.Cc1cc(C(=O)Nc2cc(C(N[S@](=O)C(C)(C)C)c3ccccc3)ccc2F)n(-c2cccc(C#N)c2)n1.Cl.Cl.O=CC1CC1.[B].[C-]#[N+]c1cccc(-n2nc(C)cc2C(=O)Nc2cc(C(NCC3CC3)c3ccccc3)ccc2F)c1.[H-].[Na+]. The normalized spacial score (nSPS) is 13.0. The van der Waals surface area contributed by atoms with E-state index in [9.17, 15) is 50.4 Å². The second-order valence-corrected chi connectivity index (χ2v) is 37.8. The first kappa shape index (κ1) is 109. The summed E-state index contributed by atoms with van der Waals surface area (Å²) in [5.74, 6) is -2.59. The van der Waals surface area contributed by atoms with Crippen molar-refractivity contribution in [2.45, 2.75) is 122 Å². The number of benzene rings is 11. The summed E-state index contributed by atoms with van der Waals surface area (Å²) >= 11 is 0. The van der Waals surface area contributed by atoms with Gasteiger partial charge < -0.3 is 39.0 Å². The van der Waals surface area contributed by atoms with Gasteiger partial charge in [-0.1, -0.05) is 170 Å². The van der Waals surface area contributed by atoms with E-state index in [0.29, 0.717) is 73.9 Å². The number of carbonyl (C=O) groups excluding carboxylic acids is 4. The van der Waals surface area contributed by atoms with Crippen LogP contribution in [0.2, 0.25) is 0 Å². The van der Waals surface area contributed by atoms with Crippen LogP contribution in [-0.2, 0) is 26.8 Å². The molecule has 23 nitrogen and oxygen atoms in total. The fourth-order valence-corrected chi connectivity index (χ4v) is 15.4. The zero-order valence-corrected chi connectivity index (χ0v) is 82.3. The average Bonchev–Trinajstić information content (AvgIpc) is 1.74. The molecule has 0 saturated heterocycles. The Balaban J connectivity index is 0.000000246. The number of nitrogen functional groups attached to an aromatic ring is 1. The molecule has 33 heteroatoms. The minimum atomic E-state index is -1.41. The number of hydrogen-bond acceptors (Lipinski definition) is 14. The van der Waals surface area contributed by atoms with Crippen molar-refractivity contribution in [2.75, 3.05) is 28.2 Å². The van der Waals surface area contributed by atoms with Crippen LogP contribution in [0.15, 0.2) is 285 Å². The van der Waals surface area contributed by atoms with E-state index >= 15 is 0 Å². The Labute approximate surface area is 838 Å². The number of nitriles is 2. The molecule has 2 aliphatic carbocycles. The van der Waals surface area contributed by atoms with Gasteiger partial charge in [0.25, 0.3) is 17.7 Å². The van der Waals surface area contributed by atoms with E-state index in [1.807, 2.05) is 163 Å². The monoisotopic (exact) mass is 1930 g/mol. The summed E-state index contributed by atoms with van der Waals surface area (Å²) in [6, 6.07) is 84.7. The zero-order valence-electron chi connectivity index (χ0n) is 78.1. The maximum atomic E-state index is 14.9. The number of amides is 3. The summed E-state index contributed by atoms with van der Waals surface area (Å²) in [6.07, 6.45) is 5.77. The van der Waals surface area contributed by atoms with Crippen molar-refractivity contribution < 1.29 is 76.1 Å². The summed E-state index contributed by atoms with van der Waals surface area (Å²) in [5, 5.41) is 43.2. The number of carbonyl (C=O) groups is 4. The largest absolute Gasteiger partial charge is 1.00 e. The minimum absolute atomic E-state index is 0. The Hall–Kier alpha value is -13.1. The summed E-state index contributed by atoms with van der Waals surface area (Å²) < 4.78 is 92.9. The molecule has 0 aliphatic heterocycles. The van der Waals surface area contributed by atoms with Crippen LogP contribution in [0.1, 0.15) is 197 Å². The van der Waals surface area contributed by atoms with E-state index in [-0.39, 0.29) is 116 Å². The van der Waals surface area contributed by atoms with Crippen molar-refractivity contribution >= 4 is 108 Å². The van der Waals surface area contributed by atoms with E-state index in [4.69, 9.17) is 23.3 Å². The number of nitrogens with two attached hydrogens (primary N) is 2. The second kappa shape index (κ2) is 50.6. The quantitative estimate of drug-likeness (QED) is 0.00867. The molecule has 6 atom stereocenters. The fourth-order valence-electron chi connectivity index (χ4n) is 13.7. The third kappa shape index (κ3) is 30.2. The molecule has 3 heterocycles. The topological polar surface area (TPSA) is 332 Å². The molecule has 4 unspecified atom stereocenters. The first-order chi connectivity index (χ1) is 63.7. The molecule has 2 fully saturated rings. The number of aromatic nitrogens is 6. The van der Waals surface area contributed by atoms with Crippen molar-refractivity contribution in [1.82, 2.24) is 44.1 Å². The molecule has 137 heavy (non-hydrogen) atoms. The number of rotatable bonds is 25. The number of nitrogens with zero attached hydrogens (tertiary/aromatic N) is 9. The van der Waals surface area contributed by atoms with Gasteiger partial charge in [0.2, 0.25) is 0 Å². The Morgan fingerprint density at radius 3 is 1.15 bits per heavy atom. The van der Waals surface area contributed by atoms with Gasteiger partial charge in [-0.25, -0.2) is 54.3 Å². The zero-order chi connectivity index (χ0) is 95.2. The summed E-state index contributed by atoms with van der Waals surface area (Å²) in [7, 11) is -2.68. The molecule has 10 N–H and O–H groups in total. The van der Waals surface area contributed by atoms with Crippen LogP contribution in [0.25, 0.3) is 21.9 Å². The third-order valence-corrected chi connectivity index (χ3v) is 24.3. The van der Waals surface area contributed by atoms with Gasteiger partial charge >= 0.3 is 29.6 Å². The van der Waals surface area contributed by atoms with E-state index in [1.165, 1.54) is 57.2 Å². The second-order valence-electron chi connectivity index (χ2n) is 33.8. The molecule has 3 amide bonds. The third-order valence-electron chi connectivity index (χ3n) is 21.2. The number of aldehydes is 1. The molecule has 2 aliphatic rings. The standard InChI is InChI=1S/C29H28FN5O2S.C29H26FN5O.C25H20FN5O.C17H21FN2OS.C4H6O.B.2ClH.Na.H/c1-19-15-26(35(33-19)23-12-8-9-20(16-23)18-31)28(36)32-25-17-22(13-14-24(25)30)27(21-10-6-5-7-11-21)34-38(37)29(2,3)4;1-19-15-27(35(34-19)24-10-6-9-23(17-24)31-2)29(36)33-26-16-22(13-14-25(26)30)28(32-18-20-11-12-20)21-7-4-3-5-8-21;1-16-12-23(31(30-16)20-9-5-6-17(13-20)15-27)25(32)29-22-14-19(10-11-21(22)26)24(28)18-7-3-2-4-8-18;1-17(2,3)22(21)20-16(12-7-5-4-6-8-12)13-9-10-14(18)15(19)11-13;5-3-4-1-2-4;;;;;/h5-17,27,34H,1-4H3,(H,32,36);3-10,13-17,20,28,32H,11-12,18H2,1H3,(H,33,36);2-14,24H,28H2,1H3,(H,29,32);4-11,16,20H,19H2,1-3H3;3-4H,1-2H2;;2*1H;;/q;;;;;;;;+1;-1/t27?,38-;;;16-,22?;;;;;;/m1..1....../s1. The maximum absolute atomic E-state index is 14.9. The Bertz CT molecular complexity index is 6700. The van der Waals surface area contributed by atoms with E-state index in [1.54, 1.807) is 154 Å². The molecule has 2 saturated carbocycles. The number of anilines is 4. The molecule has 16 rings (SSSR count). The molecular weight excluding hydrogens is 1830 g/mol. The Morgan fingerprint density at radius 1 is 0.467 bits per heavy atom. The van der Waals surface area contributed by atoms with Crippen molar-refractivity contribution in [3.63, 3.8) is 0 Å². The summed E-state index contributed by atoms with van der Waals surface area (Å²) in [6.45, 7) is 24.7. The van der Waals surface area contributed by atoms with Gasteiger partial charge in [-0.3, -0.25) is 14.4 Å². The summed E-state index contributed by atoms with van der Waals surface area (Å²) in [4.78, 5) is 52.7. The van der Waals surface area contributed by atoms with Crippen LogP contribution >= 0.6 is 24.8 Å². The molecule has 3 radical (unpaired) electrons. The first-order valence-corrected chi connectivity index (χ1v) is 45.1. The van der Waals surface area contributed by atoms with E-state index < -0.39 is 84.5 Å². The molecular formula is C104H104BCl2F4N17NaO6S2. The van der Waals surface area contributed by atoms with Crippen molar-refractivity contribution in [2.24, 2.45) is 17.6 Å². The molecule has 0 bridgehead atoms. The number of aryl methyl sites for hydroxylation is 3. The predicted octanol–water partition coefficient (Wildman–Crippen LogP) is 18.0. The number of hydrogen-bond donors (Lipinski definition) is 8. The van der Waals surface area contributed by atoms with E-state index in [0.717, 1.165) is 59.1 Å². The van der Waals surface area contributed by atoms with Gasteiger partial charge in [-0.2, -0.15) is 25.8 Å². The average molecular weight is 1930 g/mol. The minimum Gasteiger partial charge on any atom is -1.00 e. The van der Waals surface area contributed by atoms with Crippen LogP contribution in [0.3, 0.4) is 0 Å². The first-order valence-electron chi connectivity index (χ1n) is 42.8. The van der Waals surface area contributed by atoms with Crippen LogP contribution < -0.4 is 71.7 Å². The van der Waals surface area contributed by atoms with Crippen LogP contribution in [0.4, 0.5) is 46.0 Å². The summed E-state index contributed by atoms with van der Waals surface area (Å²) in [5.41, 5.74) is 24.4.